The molecule has 78 valence electrons. The van der Waals surface area contributed by atoms with Crippen LogP contribution in [0.3, 0.4) is 0 Å². The molecule has 1 aromatic heterocycles. The topological polar surface area (TPSA) is 50.9 Å². The lowest BCUT2D eigenvalue weighted by Gasteiger charge is -2.38. The number of hydrogen-bond donors (Lipinski definition) is 2. The van der Waals surface area contributed by atoms with Crippen LogP contribution in [-0.4, -0.2) is 17.1 Å². The predicted molar refractivity (Wildman–Crippen MR) is 60.8 cm³/mol. The van der Waals surface area contributed by atoms with Gasteiger partial charge in [-0.2, -0.15) is 0 Å². The first-order valence-corrected chi connectivity index (χ1v) is 5.87. The van der Waals surface area contributed by atoms with Crippen LogP contribution in [-0.2, 0) is 0 Å². The summed E-state index contributed by atoms with van der Waals surface area (Å²) in [6, 6.07) is 0. The van der Waals surface area contributed by atoms with Crippen LogP contribution in [0.25, 0.3) is 0 Å². The zero-order valence-electron chi connectivity index (χ0n) is 8.76. The highest BCUT2D eigenvalue weighted by molar-refractivity contribution is 7.15. The average Bonchev–Trinajstić information content (AvgIpc) is 2.40. The van der Waals surface area contributed by atoms with Crippen molar-refractivity contribution in [2.75, 3.05) is 11.9 Å². The highest BCUT2D eigenvalue weighted by Gasteiger charge is 2.32. The first kappa shape index (κ1) is 9.93. The summed E-state index contributed by atoms with van der Waals surface area (Å²) in [5.74, 6) is 0. The van der Waals surface area contributed by atoms with E-state index in [4.69, 9.17) is 5.73 Å². The lowest BCUT2D eigenvalue weighted by molar-refractivity contribution is 0.265. The summed E-state index contributed by atoms with van der Waals surface area (Å²) in [4.78, 5) is 5.71. The zero-order chi connectivity index (χ0) is 10.2. The molecule has 0 aliphatic heterocycles. The quantitative estimate of drug-likeness (QED) is 0.804. The number of thiazole rings is 1. The van der Waals surface area contributed by atoms with Gasteiger partial charge in [-0.25, -0.2) is 4.98 Å². The Bertz CT molecular complexity index is 309. The summed E-state index contributed by atoms with van der Waals surface area (Å²) in [6.45, 7) is 5.00. The van der Waals surface area contributed by atoms with Crippen LogP contribution in [0, 0.1) is 13.8 Å². The second-order valence-electron chi connectivity index (χ2n) is 4.23. The normalized spacial score (nSPS) is 19.1. The maximum absolute atomic E-state index is 6.11. The maximum atomic E-state index is 6.11. The highest BCUT2D eigenvalue weighted by atomic mass is 32.1. The third-order valence-corrected chi connectivity index (χ3v) is 4.00. The minimum atomic E-state index is 0.0352. The molecule has 1 aliphatic rings. The van der Waals surface area contributed by atoms with Crippen molar-refractivity contribution in [2.24, 2.45) is 5.73 Å². The smallest absolute Gasteiger partial charge is 0.183 e. The molecule has 0 atom stereocenters. The summed E-state index contributed by atoms with van der Waals surface area (Å²) in [5, 5.41) is 4.34. The van der Waals surface area contributed by atoms with Crippen LogP contribution in [0.15, 0.2) is 0 Å². The van der Waals surface area contributed by atoms with Crippen LogP contribution in [0.5, 0.6) is 0 Å². The first-order valence-electron chi connectivity index (χ1n) is 5.06. The van der Waals surface area contributed by atoms with E-state index in [0.29, 0.717) is 0 Å². The van der Waals surface area contributed by atoms with Gasteiger partial charge in [0.15, 0.2) is 5.13 Å². The Labute approximate surface area is 88.7 Å². The Morgan fingerprint density at radius 3 is 2.64 bits per heavy atom. The molecule has 2 rings (SSSR count). The van der Waals surface area contributed by atoms with E-state index < -0.39 is 0 Å². The van der Waals surface area contributed by atoms with Gasteiger partial charge >= 0.3 is 0 Å². The molecule has 1 fully saturated rings. The van der Waals surface area contributed by atoms with Crippen molar-refractivity contribution in [3.8, 4) is 0 Å². The minimum Gasteiger partial charge on any atom is -0.360 e. The van der Waals surface area contributed by atoms with Crippen molar-refractivity contribution >= 4 is 16.5 Å². The van der Waals surface area contributed by atoms with Crippen molar-refractivity contribution in [1.82, 2.24) is 4.98 Å². The van der Waals surface area contributed by atoms with Gasteiger partial charge in [0.25, 0.3) is 0 Å². The second-order valence-corrected chi connectivity index (χ2v) is 5.43. The van der Waals surface area contributed by atoms with Gasteiger partial charge in [-0.05, 0) is 33.1 Å². The minimum absolute atomic E-state index is 0.0352. The molecular weight excluding hydrogens is 194 g/mol. The molecule has 4 heteroatoms. The SMILES string of the molecule is Cc1nc(NCC2(N)CCC2)sc1C. The van der Waals surface area contributed by atoms with E-state index in [2.05, 4.69) is 17.2 Å². The Morgan fingerprint density at radius 2 is 2.21 bits per heavy atom. The molecule has 14 heavy (non-hydrogen) atoms. The van der Waals surface area contributed by atoms with Gasteiger partial charge < -0.3 is 11.1 Å². The van der Waals surface area contributed by atoms with Crippen molar-refractivity contribution < 1.29 is 0 Å². The molecule has 0 bridgehead atoms. The van der Waals surface area contributed by atoms with E-state index in [0.717, 1.165) is 30.2 Å². The molecule has 1 aliphatic carbocycles. The Balaban J connectivity index is 1.91. The molecule has 1 saturated carbocycles. The number of aromatic nitrogens is 1. The van der Waals surface area contributed by atoms with Gasteiger partial charge in [-0.3, -0.25) is 0 Å². The number of nitrogens with one attached hydrogen (secondary N) is 1. The molecule has 0 unspecified atom stereocenters. The fraction of sp³-hybridized carbons (Fsp3) is 0.700. The fourth-order valence-corrected chi connectivity index (χ4v) is 2.42. The maximum Gasteiger partial charge on any atom is 0.183 e. The Hall–Kier alpha value is -0.610. The van der Waals surface area contributed by atoms with Gasteiger partial charge in [0.05, 0.1) is 5.69 Å². The van der Waals surface area contributed by atoms with Crippen LogP contribution in [0.4, 0.5) is 5.13 Å². The van der Waals surface area contributed by atoms with Gasteiger partial charge in [-0.1, -0.05) is 0 Å². The Kier molecular flexibility index (Phi) is 2.49. The number of anilines is 1. The summed E-state index contributed by atoms with van der Waals surface area (Å²) >= 11 is 1.71. The second kappa shape index (κ2) is 3.51. The van der Waals surface area contributed by atoms with Crippen molar-refractivity contribution in [1.29, 1.82) is 0 Å². The largest absolute Gasteiger partial charge is 0.360 e. The van der Waals surface area contributed by atoms with Gasteiger partial charge in [0.1, 0.15) is 0 Å². The summed E-state index contributed by atoms with van der Waals surface area (Å²) in [7, 11) is 0. The zero-order valence-corrected chi connectivity index (χ0v) is 9.58. The molecule has 1 aromatic rings. The number of rotatable bonds is 3. The summed E-state index contributed by atoms with van der Waals surface area (Å²) < 4.78 is 0. The van der Waals surface area contributed by atoms with E-state index in [1.54, 1.807) is 11.3 Å². The number of nitrogens with two attached hydrogens (primary N) is 1. The third-order valence-electron chi connectivity index (χ3n) is 2.97. The van der Waals surface area contributed by atoms with E-state index in [1.165, 1.54) is 11.3 Å². The molecule has 0 amide bonds. The molecule has 0 radical (unpaired) electrons. The lowest BCUT2D eigenvalue weighted by Crippen LogP contribution is -2.51. The summed E-state index contributed by atoms with van der Waals surface area (Å²) in [5.41, 5.74) is 7.27. The van der Waals surface area contributed by atoms with Crippen molar-refractivity contribution in [3.05, 3.63) is 10.6 Å². The van der Waals surface area contributed by atoms with E-state index in [1.807, 2.05) is 6.92 Å². The molecule has 0 saturated heterocycles. The van der Waals surface area contributed by atoms with Crippen LogP contribution in [0.1, 0.15) is 29.8 Å². The average molecular weight is 211 g/mol. The van der Waals surface area contributed by atoms with Crippen molar-refractivity contribution in [3.63, 3.8) is 0 Å². The fourth-order valence-electron chi connectivity index (χ4n) is 1.61. The predicted octanol–water partition coefficient (Wildman–Crippen LogP) is 2.05. The number of aryl methyl sites for hydroxylation is 2. The van der Waals surface area contributed by atoms with E-state index in [9.17, 15) is 0 Å². The monoisotopic (exact) mass is 211 g/mol. The molecule has 3 N–H and O–H groups in total. The van der Waals surface area contributed by atoms with Gasteiger partial charge in [0, 0.05) is 17.0 Å². The molecule has 3 nitrogen and oxygen atoms in total. The lowest BCUT2D eigenvalue weighted by atomic mass is 9.78. The van der Waals surface area contributed by atoms with Crippen LogP contribution < -0.4 is 11.1 Å². The Morgan fingerprint density at radius 1 is 1.50 bits per heavy atom. The van der Waals surface area contributed by atoms with Crippen LogP contribution in [0.2, 0.25) is 0 Å². The molecule has 0 spiro atoms. The van der Waals surface area contributed by atoms with Gasteiger partial charge in [0.2, 0.25) is 0 Å². The van der Waals surface area contributed by atoms with E-state index >= 15 is 0 Å². The number of nitrogens with zero attached hydrogens (tertiary/aromatic N) is 1. The summed E-state index contributed by atoms with van der Waals surface area (Å²) in [6.07, 6.45) is 3.56. The first-order chi connectivity index (χ1) is 6.59. The highest BCUT2D eigenvalue weighted by Crippen LogP contribution is 2.30. The van der Waals surface area contributed by atoms with Gasteiger partial charge in [-0.15, -0.1) is 11.3 Å². The van der Waals surface area contributed by atoms with E-state index in [-0.39, 0.29) is 5.54 Å². The third kappa shape index (κ3) is 1.91. The number of hydrogen-bond acceptors (Lipinski definition) is 4. The van der Waals surface area contributed by atoms with Crippen molar-refractivity contribution in [2.45, 2.75) is 38.6 Å². The molecule has 0 aromatic carbocycles. The molecule has 1 heterocycles. The standard InChI is InChI=1S/C10H17N3S/c1-7-8(2)14-9(13-7)12-6-10(11)4-3-5-10/h3-6,11H2,1-2H3,(H,12,13). The molecular formula is C10H17N3S. The van der Waals surface area contributed by atoms with Crippen LogP contribution >= 0.6 is 11.3 Å².